The van der Waals surface area contributed by atoms with Crippen LogP contribution in [0.4, 0.5) is 10.1 Å². The van der Waals surface area contributed by atoms with Gasteiger partial charge in [-0.05, 0) is 62.2 Å². The molecule has 0 spiro atoms. The first kappa shape index (κ1) is 15.0. The normalized spacial score (nSPS) is 10.3. The largest absolute Gasteiger partial charge is 0.494 e. The summed E-state index contributed by atoms with van der Waals surface area (Å²) in [6.07, 6.45) is 0. The Morgan fingerprint density at radius 1 is 1.19 bits per heavy atom. The molecule has 0 unspecified atom stereocenters. The van der Waals surface area contributed by atoms with Crippen molar-refractivity contribution in [1.29, 1.82) is 0 Å². The van der Waals surface area contributed by atoms with Crippen LogP contribution in [-0.4, -0.2) is 12.5 Å². The molecule has 110 valence electrons. The molecule has 0 radical (unpaired) electrons. The average molecular weight is 287 g/mol. The van der Waals surface area contributed by atoms with Gasteiger partial charge in [0, 0.05) is 5.56 Å². The molecule has 0 bridgehead atoms. The Hall–Kier alpha value is -2.36. The molecular formula is C17H18FNO2. The highest BCUT2D eigenvalue weighted by atomic mass is 19.1. The van der Waals surface area contributed by atoms with Crippen molar-refractivity contribution in [1.82, 2.24) is 0 Å². The Morgan fingerprint density at radius 2 is 1.95 bits per heavy atom. The summed E-state index contributed by atoms with van der Waals surface area (Å²) in [7, 11) is 0. The molecule has 2 aromatic carbocycles. The second-order valence-corrected chi connectivity index (χ2v) is 4.85. The molecule has 3 nitrogen and oxygen atoms in total. The number of ether oxygens (including phenoxy) is 1. The van der Waals surface area contributed by atoms with E-state index in [0.29, 0.717) is 12.2 Å². The fraction of sp³-hybridized carbons (Fsp3) is 0.235. The maximum absolute atomic E-state index is 13.7. The van der Waals surface area contributed by atoms with Gasteiger partial charge >= 0.3 is 0 Å². The lowest BCUT2D eigenvalue weighted by molar-refractivity contribution is 0.102. The molecule has 0 aliphatic carbocycles. The minimum absolute atomic E-state index is 0.187. The zero-order chi connectivity index (χ0) is 15.4. The Balaban J connectivity index is 2.20. The van der Waals surface area contributed by atoms with Crippen LogP contribution >= 0.6 is 0 Å². The van der Waals surface area contributed by atoms with Crippen molar-refractivity contribution in [2.75, 3.05) is 11.9 Å². The lowest BCUT2D eigenvalue weighted by atomic mass is 10.1. The van der Waals surface area contributed by atoms with Gasteiger partial charge in [-0.25, -0.2) is 4.39 Å². The van der Waals surface area contributed by atoms with Gasteiger partial charge in [0.05, 0.1) is 12.3 Å². The quantitative estimate of drug-likeness (QED) is 0.919. The average Bonchev–Trinajstić information content (AvgIpc) is 2.45. The zero-order valence-corrected chi connectivity index (χ0v) is 12.4. The van der Waals surface area contributed by atoms with E-state index < -0.39 is 5.82 Å². The van der Waals surface area contributed by atoms with Crippen molar-refractivity contribution in [3.63, 3.8) is 0 Å². The van der Waals surface area contributed by atoms with Crippen LogP contribution in [0.5, 0.6) is 5.75 Å². The van der Waals surface area contributed by atoms with Crippen LogP contribution in [-0.2, 0) is 0 Å². The first-order chi connectivity index (χ1) is 10.0. The van der Waals surface area contributed by atoms with Gasteiger partial charge in [-0.1, -0.05) is 6.07 Å². The number of carbonyl (C=O) groups excluding carboxylic acids is 1. The predicted octanol–water partition coefficient (Wildman–Crippen LogP) is 4.09. The second kappa shape index (κ2) is 6.39. The van der Waals surface area contributed by atoms with Crippen molar-refractivity contribution >= 4 is 11.6 Å². The first-order valence-corrected chi connectivity index (χ1v) is 6.82. The van der Waals surface area contributed by atoms with E-state index in [0.717, 1.165) is 16.9 Å². The van der Waals surface area contributed by atoms with Crippen LogP contribution < -0.4 is 10.1 Å². The van der Waals surface area contributed by atoms with Crippen molar-refractivity contribution in [2.45, 2.75) is 20.8 Å². The summed E-state index contributed by atoms with van der Waals surface area (Å²) in [5.74, 6) is -0.0435. The molecule has 0 saturated carbocycles. The summed E-state index contributed by atoms with van der Waals surface area (Å²) >= 11 is 0. The molecule has 0 aromatic heterocycles. The van der Waals surface area contributed by atoms with Gasteiger partial charge in [-0.3, -0.25) is 4.79 Å². The zero-order valence-electron chi connectivity index (χ0n) is 12.4. The minimum Gasteiger partial charge on any atom is -0.494 e. The van der Waals surface area contributed by atoms with E-state index in [2.05, 4.69) is 5.32 Å². The van der Waals surface area contributed by atoms with Gasteiger partial charge in [0.2, 0.25) is 0 Å². The molecule has 2 aromatic rings. The number of rotatable bonds is 4. The molecule has 0 heterocycles. The number of benzene rings is 2. The topological polar surface area (TPSA) is 38.3 Å². The van der Waals surface area contributed by atoms with E-state index >= 15 is 0 Å². The van der Waals surface area contributed by atoms with Crippen molar-refractivity contribution in [3.05, 3.63) is 58.9 Å². The smallest absolute Gasteiger partial charge is 0.255 e. The molecule has 1 amide bonds. The number of hydrogen-bond donors (Lipinski definition) is 1. The molecule has 0 atom stereocenters. The number of anilines is 1. The first-order valence-electron chi connectivity index (χ1n) is 6.82. The van der Waals surface area contributed by atoms with Crippen LogP contribution in [0.15, 0.2) is 36.4 Å². The van der Waals surface area contributed by atoms with Gasteiger partial charge in [-0.15, -0.1) is 0 Å². The monoisotopic (exact) mass is 287 g/mol. The number of carbonyl (C=O) groups is 1. The lowest BCUT2D eigenvalue weighted by Crippen LogP contribution is -2.13. The molecule has 1 N–H and O–H groups in total. The number of aryl methyl sites for hydroxylation is 2. The number of amides is 1. The Bertz CT molecular complexity index is 668. The lowest BCUT2D eigenvalue weighted by Gasteiger charge is -2.10. The van der Waals surface area contributed by atoms with Gasteiger partial charge in [0.15, 0.2) is 0 Å². The summed E-state index contributed by atoms with van der Waals surface area (Å²) in [6, 6.07) is 9.75. The third-order valence-electron chi connectivity index (χ3n) is 3.11. The van der Waals surface area contributed by atoms with Crippen LogP contribution in [0.2, 0.25) is 0 Å². The maximum Gasteiger partial charge on any atom is 0.255 e. The third kappa shape index (κ3) is 3.60. The molecule has 0 aliphatic heterocycles. The van der Waals surface area contributed by atoms with Crippen LogP contribution in [0, 0.1) is 19.7 Å². The minimum atomic E-state index is -0.448. The highest BCUT2D eigenvalue weighted by Crippen LogP contribution is 2.21. The van der Waals surface area contributed by atoms with Crippen molar-refractivity contribution in [2.24, 2.45) is 0 Å². The van der Waals surface area contributed by atoms with Crippen LogP contribution in [0.1, 0.15) is 28.4 Å². The number of halogens is 1. The van der Waals surface area contributed by atoms with Gasteiger partial charge in [0.1, 0.15) is 11.6 Å². The summed E-state index contributed by atoms with van der Waals surface area (Å²) in [5.41, 5.74) is 2.41. The molecule has 0 fully saturated rings. The summed E-state index contributed by atoms with van der Waals surface area (Å²) in [4.78, 5) is 12.2. The molecular weight excluding hydrogens is 269 g/mol. The predicted molar refractivity (Wildman–Crippen MR) is 81.4 cm³/mol. The van der Waals surface area contributed by atoms with E-state index in [4.69, 9.17) is 4.74 Å². The molecule has 0 aliphatic rings. The molecule has 2 rings (SSSR count). The van der Waals surface area contributed by atoms with Gasteiger partial charge in [-0.2, -0.15) is 0 Å². The SMILES string of the molecule is CCOc1ccc(C(=O)Nc2cc(C)ccc2F)cc1C. The highest BCUT2D eigenvalue weighted by molar-refractivity contribution is 6.04. The number of nitrogens with one attached hydrogen (secondary N) is 1. The maximum atomic E-state index is 13.7. The summed E-state index contributed by atoms with van der Waals surface area (Å²) in [5, 5.41) is 2.59. The highest BCUT2D eigenvalue weighted by Gasteiger charge is 2.11. The molecule has 4 heteroatoms. The fourth-order valence-electron chi connectivity index (χ4n) is 2.04. The Morgan fingerprint density at radius 3 is 2.62 bits per heavy atom. The van der Waals surface area contributed by atoms with Gasteiger partial charge < -0.3 is 10.1 Å². The van der Waals surface area contributed by atoms with Crippen molar-refractivity contribution < 1.29 is 13.9 Å². The van der Waals surface area contributed by atoms with Gasteiger partial charge in [0.25, 0.3) is 5.91 Å². The third-order valence-corrected chi connectivity index (χ3v) is 3.11. The summed E-state index contributed by atoms with van der Waals surface area (Å²) < 4.78 is 19.1. The van der Waals surface area contributed by atoms with E-state index in [1.807, 2.05) is 20.8 Å². The summed E-state index contributed by atoms with van der Waals surface area (Å²) in [6.45, 7) is 6.19. The second-order valence-electron chi connectivity index (χ2n) is 4.85. The molecule has 21 heavy (non-hydrogen) atoms. The standard InChI is InChI=1S/C17H18FNO2/c1-4-21-16-8-6-13(10-12(16)3)17(20)19-15-9-11(2)5-7-14(15)18/h5-10H,4H2,1-3H3,(H,19,20). The van der Waals surface area contributed by atoms with Crippen LogP contribution in [0.3, 0.4) is 0 Å². The van der Waals surface area contributed by atoms with Crippen molar-refractivity contribution in [3.8, 4) is 5.75 Å². The number of hydrogen-bond acceptors (Lipinski definition) is 2. The Kier molecular flexibility index (Phi) is 4.58. The van der Waals surface area contributed by atoms with E-state index in [-0.39, 0.29) is 11.6 Å². The molecule has 0 saturated heterocycles. The fourth-order valence-corrected chi connectivity index (χ4v) is 2.04. The van der Waals surface area contributed by atoms with E-state index in [1.54, 1.807) is 30.3 Å². The van der Waals surface area contributed by atoms with E-state index in [9.17, 15) is 9.18 Å². The Labute approximate surface area is 123 Å². The van der Waals surface area contributed by atoms with E-state index in [1.165, 1.54) is 6.07 Å². The van der Waals surface area contributed by atoms with Crippen LogP contribution in [0.25, 0.3) is 0 Å².